The number of anilines is 3. The van der Waals surface area contributed by atoms with Gasteiger partial charge in [0.2, 0.25) is 23.6 Å². The first-order chi connectivity index (χ1) is 19.5. The van der Waals surface area contributed by atoms with E-state index in [4.69, 9.17) is 29.4 Å². The van der Waals surface area contributed by atoms with Crippen LogP contribution < -0.4 is 25.4 Å². The first-order valence-electron chi connectivity index (χ1n) is 12.9. The van der Waals surface area contributed by atoms with E-state index in [2.05, 4.69) is 41.6 Å². The second-order valence-corrected chi connectivity index (χ2v) is 9.36. The Balaban J connectivity index is 1.55. The highest BCUT2D eigenvalue weighted by atomic mass is 32.2. The summed E-state index contributed by atoms with van der Waals surface area (Å²) in [4.78, 5) is 34.4. The van der Waals surface area contributed by atoms with Gasteiger partial charge in [0.05, 0.1) is 47.3 Å². The van der Waals surface area contributed by atoms with Crippen molar-refractivity contribution in [2.45, 2.75) is 17.0 Å². The van der Waals surface area contributed by atoms with Gasteiger partial charge in [-0.2, -0.15) is 9.97 Å². The Morgan fingerprint density at radius 1 is 1.00 bits per heavy atom. The number of nitrogens with two attached hydrogens (primary N) is 1. The SMILES string of the molecule is C=CC(=O)Nc1cc(N)nc(Sc2c(OC)nc(N3CCN(CCOCCOCCOCC)CC3)nc2OC)n1. The highest BCUT2D eigenvalue weighted by Gasteiger charge is 2.24. The first-order valence-corrected chi connectivity index (χ1v) is 13.7. The smallest absolute Gasteiger partial charge is 0.248 e. The maximum absolute atomic E-state index is 11.7. The minimum absolute atomic E-state index is 0.182. The molecule has 0 saturated carbocycles. The fourth-order valence-electron chi connectivity index (χ4n) is 3.68. The van der Waals surface area contributed by atoms with E-state index >= 15 is 0 Å². The summed E-state index contributed by atoms with van der Waals surface area (Å²) in [6, 6.07) is 1.45. The minimum atomic E-state index is -0.414. The largest absolute Gasteiger partial charge is 0.480 e. The summed E-state index contributed by atoms with van der Waals surface area (Å²) < 4.78 is 27.5. The number of ether oxygens (including phenoxy) is 5. The maximum atomic E-state index is 11.7. The summed E-state index contributed by atoms with van der Waals surface area (Å²) in [6.07, 6.45) is 1.14. The third kappa shape index (κ3) is 9.75. The summed E-state index contributed by atoms with van der Waals surface area (Å²) in [5, 5.41) is 2.84. The van der Waals surface area contributed by atoms with E-state index in [0.29, 0.717) is 62.2 Å². The molecule has 2 aromatic heterocycles. The number of nitrogen functional groups attached to an aromatic ring is 1. The van der Waals surface area contributed by atoms with E-state index < -0.39 is 5.91 Å². The van der Waals surface area contributed by atoms with Gasteiger partial charge in [0.25, 0.3) is 0 Å². The first kappa shape index (κ1) is 31.3. The molecule has 1 amide bonds. The van der Waals surface area contributed by atoms with Gasteiger partial charge in [-0.25, -0.2) is 9.97 Å². The lowest BCUT2D eigenvalue weighted by Crippen LogP contribution is -2.48. The fraction of sp³-hybridized carbons (Fsp3) is 0.560. The van der Waals surface area contributed by atoms with Crippen LogP contribution >= 0.6 is 11.8 Å². The van der Waals surface area contributed by atoms with E-state index in [1.807, 2.05) is 6.92 Å². The number of methoxy groups -OCH3 is 2. The number of hydrogen-bond acceptors (Lipinski definition) is 14. The number of amides is 1. The highest BCUT2D eigenvalue weighted by molar-refractivity contribution is 7.99. The molecule has 1 aliphatic rings. The average Bonchev–Trinajstić information content (AvgIpc) is 2.96. The minimum Gasteiger partial charge on any atom is -0.480 e. The van der Waals surface area contributed by atoms with E-state index in [9.17, 15) is 4.79 Å². The Morgan fingerprint density at radius 2 is 1.62 bits per heavy atom. The predicted molar refractivity (Wildman–Crippen MR) is 151 cm³/mol. The number of carbonyl (C=O) groups excluding carboxylic acids is 1. The molecule has 0 spiro atoms. The molecule has 2 aromatic rings. The van der Waals surface area contributed by atoms with Crippen molar-refractivity contribution in [1.29, 1.82) is 0 Å². The number of aromatic nitrogens is 4. The molecule has 0 aromatic carbocycles. The van der Waals surface area contributed by atoms with Crippen molar-refractivity contribution in [2.24, 2.45) is 0 Å². The zero-order valence-electron chi connectivity index (χ0n) is 23.3. The molecule has 3 heterocycles. The third-order valence-corrected chi connectivity index (χ3v) is 6.61. The van der Waals surface area contributed by atoms with Gasteiger partial charge in [-0.15, -0.1) is 0 Å². The Labute approximate surface area is 238 Å². The number of nitrogens with zero attached hydrogens (tertiary/aromatic N) is 6. The van der Waals surface area contributed by atoms with Crippen molar-refractivity contribution in [3.05, 3.63) is 18.7 Å². The number of rotatable bonds is 17. The molecule has 0 unspecified atom stereocenters. The molecular weight excluding hydrogens is 540 g/mol. The maximum Gasteiger partial charge on any atom is 0.248 e. The van der Waals surface area contributed by atoms with Crippen molar-refractivity contribution in [2.75, 3.05) is 103 Å². The molecule has 3 rings (SSSR count). The molecule has 3 N–H and O–H groups in total. The van der Waals surface area contributed by atoms with Crippen LogP contribution in [0.2, 0.25) is 0 Å². The van der Waals surface area contributed by atoms with Crippen LogP contribution in [0.4, 0.5) is 17.6 Å². The second-order valence-electron chi connectivity index (χ2n) is 8.38. The van der Waals surface area contributed by atoms with Crippen LogP contribution in [0.15, 0.2) is 28.8 Å². The molecular formula is C25H38N8O6S. The van der Waals surface area contributed by atoms with Gasteiger partial charge in [-0.05, 0) is 24.8 Å². The molecule has 40 heavy (non-hydrogen) atoms. The average molecular weight is 579 g/mol. The van der Waals surface area contributed by atoms with Gasteiger partial charge in [0.1, 0.15) is 16.5 Å². The van der Waals surface area contributed by atoms with Gasteiger partial charge in [-0.3, -0.25) is 9.69 Å². The molecule has 0 radical (unpaired) electrons. The quantitative estimate of drug-likeness (QED) is 0.157. The van der Waals surface area contributed by atoms with E-state index in [0.717, 1.165) is 50.6 Å². The van der Waals surface area contributed by atoms with Crippen molar-refractivity contribution >= 4 is 35.3 Å². The van der Waals surface area contributed by atoms with Crippen LogP contribution in [0.25, 0.3) is 0 Å². The standard InChI is InChI=1S/C25H38N8O6S/c1-5-20(34)28-19-17-18(26)27-25(29-19)40-21-22(35-3)30-24(31-23(21)36-4)33-9-7-32(8-10-33)11-12-38-15-16-39-14-13-37-6-2/h5,17H,1,6-16H2,2-4H3,(H3,26,27,28,29,34). The van der Waals surface area contributed by atoms with Crippen LogP contribution in [0, 0.1) is 0 Å². The molecule has 220 valence electrons. The van der Waals surface area contributed by atoms with E-state index in [1.165, 1.54) is 20.3 Å². The van der Waals surface area contributed by atoms with Gasteiger partial charge in [-0.1, -0.05) is 6.58 Å². The molecule has 15 heteroatoms. The lowest BCUT2D eigenvalue weighted by molar-refractivity contribution is -0.111. The highest BCUT2D eigenvalue weighted by Crippen LogP contribution is 2.40. The topological polar surface area (TPSA) is 159 Å². The normalized spacial score (nSPS) is 13.7. The van der Waals surface area contributed by atoms with Crippen molar-refractivity contribution < 1.29 is 28.5 Å². The predicted octanol–water partition coefficient (Wildman–Crippen LogP) is 1.33. The zero-order valence-corrected chi connectivity index (χ0v) is 24.1. The van der Waals surface area contributed by atoms with Gasteiger partial charge in [0.15, 0.2) is 5.16 Å². The number of carbonyl (C=O) groups is 1. The third-order valence-electron chi connectivity index (χ3n) is 5.69. The fourth-order valence-corrected chi connectivity index (χ4v) is 4.59. The van der Waals surface area contributed by atoms with Crippen LogP contribution in [0.1, 0.15) is 6.92 Å². The Hall–Kier alpha value is -3.24. The number of hydrogen-bond donors (Lipinski definition) is 2. The van der Waals surface area contributed by atoms with E-state index in [-0.39, 0.29) is 16.8 Å². The summed E-state index contributed by atoms with van der Waals surface area (Å²) >= 11 is 1.12. The molecule has 0 atom stereocenters. The van der Waals surface area contributed by atoms with Crippen molar-refractivity contribution in [1.82, 2.24) is 24.8 Å². The lowest BCUT2D eigenvalue weighted by atomic mass is 10.3. The van der Waals surface area contributed by atoms with Crippen molar-refractivity contribution in [3.8, 4) is 11.8 Å². The van der Waals surface area contributed by atoms with Crippen LogP contribution in [-0.4, -0.2) is 117 Å². The second kappa shape index (κ2) is 16.8. The summed E-state index contributed by atoms with van der Waals surface area (Å²) in [5.74, 6) is 1.14. The molecule has 1 aliphatic heterocycles. The van der Waals surface area contributed by atoms with E-state index in [1.54, 1.807) is 0 Å². The summed E-state index contributed by atoms with van der Waals surface area (Å²) in [5.41, 5.74) is 5.91. The molecule has 0 bridgehead atoms. The van der Waals surface area contributed by atoms with Gasteiger partial charge in [0, 0.05) is 45.4 Å². The number of nitrogens with one attached hydrogen (secondary N) is 1. The summed E-state index contributed by atoms with van der Waals surface area (Å²) in [6.45, 7) is 13.1. The van der Waals surface area contributed by atoms with Crippen LogP contribution in [-0.2, 0) is 19.0 Å². The lowest BCUT2D eigenvalue weighted by Gasteiger charge is -2.34. The summed E-state index contributed by atoms with van der Waals surface area (Å²) in [7, 11) is 3.04. The Kier molecular flexibility index (Phi) is 13.1. The molecule has 0 aliphatic carbocycles. The van der Waals surface area contributed by atoms with Crippen molar-refractivity contribution in [3.63, 3.8) is 0 Å². The Morgan fingerprint density at radius 3 is 2.23 bits per heavy atom. The molecule has 14 nitrogen and oxygen atoms in total. The molecule has 1 fully saturated rings. The zero-order chi connectivity index (χ0) is 28.7. The monoisotopic (exact) mass is 578 g/mol. The van der Waals surface area contributed by atoms with Gasteiger partial charge >= 0.3 is 0 Å². The van der Waals surface area contributed by atoms with Crippen LogP contribution in [0.5, 0.6) is 11.8 Å². The number of piperazine rings is 1. The molecule has 1 saturated heterocycles. The van der Waals surface area contributed by atoms with Crippen LogP contribution in [0.3, 0.4) is 0 Å². The Bertz CT molecular complexity index is 1080. The van der Waals surface area contributed by atoms with Gasteiger partial charge < -0.3 is 39.6 Å².